The number of hydrogen-bond donors (Lipinski definition) is 3. The van der Waals surface area contributed by atoms with Crippen molar-refractivity contribution < 1.29 is 29.0 Å². The summed E-state index contributed by atoms with van der Waals surface area (Å²) in [4.78, 5) is 40.1. The Hall–Kier alpha value is -4.27. The predicted octanol–water partition coefficient (Wildman–Crippen LogP) is 4.95. The molecule has 0 aromatic heterocycles. The van der Waals surface area contributed by atoms with Crippen molar-refractivity contribution in [2.75, 3.05) is 19.8 Å². The number of aliphatic hydroxyl groups is 1. The number of hydrogen-bond acceptors (Lipinski definition) is 6. The Morgan fingerprint density at radius 1 is 0.891 bits per heavy atom. The number of nitrogens with one attached hydrogen (secondary N) is 2. The molecular weight excluding hydrogens is 580 g/mol. The van der Waals surface area contributed by atoms with Gasteiger partial charge in [0.2, 0.25) is 11.8 Å². The van der Waals surface area contributed by atoms with Crippen LogP contribution in [0.4, 0.5) is 0 Å². The summed E-state index contributed by atoms with van der Waals surface area (Å²) in [5, 5.41) is 15.8. The van der Waals surface area contributed by atoms with E-state index < -0.39 is 18.0 Å². The van der Waals surface area contributed by atoms with Crippen LogP contribution in [0.15, 0.2) is 103 Å². The first kappa shape index (κ1) is 34.6. The molecular formula is C38H46N2O6. The number of rotatable bonds is 12. The number of carbonyl (C=O) groups excluding carboxylic acids is 3. The highest BCUT2D eigenvalue weighted by Crippen LogP contribution is 2.19. The maximum absolute atomic E-state index is 13.6. The van der Waals surface area contributed by atoms with Crippen molar-refractivity contribution in [3.8, 4) is 0 Å². The van der Waals surface area contributed by atoms with Gasteiger partial charge in [-0.15, -0.1) is 0 Å². The standard InChI is InChI=1S/C38H46N2O6/c41-25-34(23-30-16-8-4-9-17-30)39-36(42)24-32-20-12-1-2-13-21-33(22-29-14-6-3-7-15-29)38(44)46-28-35(40-37(32)43)27-45-26-31-18-10-5-11-19-31/h1,3-12,14-19,32-35,41H,2,13,20-28H2,(H,39,42)(H,40,43)/t32-,33-,34+,35+/m1/s1. The van der Waals surface area contributed by atoms with Gasteiger partial charge in [0.25, 0.3) is 0 Å². The van der Waals surface area contributed by atoms with Gasteiger partial charge in [0.05, 0.1) is 43.7 Å². The average Bonchev–Trinajstić information content (AvgIpc) is 3.08. The molecule has 1 aliphatic rings. The van der Waals surface area contributed by atoms with E-state index in [1.807, 2.05) is 103 Å². The third kappa shape index (κ3) is 12.3. The van der Waals surface area contributed by atoms with Crippen molar-refractivity contribution >= 4 is 17.8 Å². The lowest BCUT2D eigenvalue weighted by molar-refractivity contribution is -0.151. The Kier molecular flexibility index (Phi) is 14.5. The van der Waals surface area contributed by atoms with Gasteiger partial charge >= 0.3 is 5.97 Å². The zero-order chi connectivity index (χ0) is 32.4. The van der Waals surface area contributed by atoms with Crippen LogP contribution in [0.2, 0.25) is 0 Å². The number of benzene rings is 3. The summed E-state index contributed by atoms with van der Waals surface area (Å²) >= 11 is 0. The maximum Gasteiger partial charge on any atom is 0.309 e. The molecule has 0 saturated heterocycles. The summed E-state index contributed by atoms with van der Waals surface area (Å²) in [7, 11) is 0. The molecule has 0 saturated carbocycles. The van der Waals surface area contributed by atoms with Crippen molar-refractivity contribution in [1.29, 1.82) is 0 Å². The molecule has 2 amide bonds. The van der Waals surface area contributed by atoms with Crippen molar-refractivity contribution in [1.82, 2.24) is 10.6 Å². The molecule has 8 heteroatoms. The molecule has 3 N–H and O–H groups in total. The molecule has 1 heterocycles. The molecule has 0 radical (unpaired) electrons. The number of cyclic esters (lactones) is 1. The van der Waals surface area contributed by atoms with Crippen LogP contribution in [0.5, 0.6) is 0 Å². The first-order valence-corrected chi connectivity index (χ1v) is 16.2. The van der Waals surface area contributed by atoms with Gasteiger partial charge in [0, 0.05) is 6.42 Å². The van der Waals surface area contributed by atoms with Crippen LogP contribution < -0.4 is 10.6 Å². The second-order valence-corrected chi connectivity index (χ2v) is 11.9. The monoisotopic (exact) mass is 626 g/mol. The zero-order valence-electron chi connectivity index (χ0n) is 26.4. The summed E-state index contributed by atoms with van der Waals surface area (Å²) in [5.74, 6) is -1.86. The topological polar surface area (TPSA) is 114 Å². The second kappa shape index (κ2) is 19.3. The lowest BCUT2D eigenvalue weighted by atomic mass is 9.93. The summed E-state index contributed by atoms with van der Waals surface area (Å²) < 4.78 is 11.8. The summed E-state index contributed by atoms with van der Waals surface area (Å²) in [6, 6.07) is 28.2. The zero-order valence-corrected chi connectivity index (χ0v) is 26.4. The fraction of sp³-hybridized carbons (Fsp3) is 0.395. The van der Waals surface area contributed by atoms with E-state index >= 15 is 0 Å². The molecule has 4 rings (SSSR count). The first-order chi connectivity index (χ1) is 22.5. The number of esters is 1. The van der Waals surface area contributed by atoms with E-state index in [4.69, 9.17) is 9.47 Å². The fourth-order valence-electron chi connectivity index (χ4n) is 5.56. The van der Waals surface area contributed by atoms with Gasteiger partial charge in [0.15, 0.2) is 0 Å². The molecule has 0 fully saturated rings. The minimum Gasteiger partial charge on any atom is -0.463 e. The SMILES string of the molecule is O=C(C[C@H]1CC=CCCC[C@H](Cc2ccccc2)C(=O)OC[C@H](COCc2ccccc2)NC1=O)N[C@H](CO)Cc1ccccc1. The van der Waals surface area contributed by atoms with E-state index in [9.17, 15) is 19.5 Å². The fourth-order valence-corrected chi connectivity index (χ4v) is 5.56. The van der Waals surface area contributed by atoms with Crippen molar-refractivity contribution in [2.24, 2.45) is 11.8 Å². The van der Waals surface area contributed by atoms with Crippen LogP contribution in [0.3, 0.4) is 0 Å². The average molecular weight is 627 g/mol. The van der Waals surface area contributed by atoms with Crippen molar-refractivity contribution in [3.63, 3.8) is 0 Å². The smallest absolute Gasteiger partial charge is 0.309 e. The largest absolute Gasteiger partial charge is 0.463 e. The Morgan fingerprint density at radius 3 is 2.22 bits per heavy atom. The highest BCUT2D eigenvalue weighted by atomic mass is 16.5. The second-order valence-electron chi connectivity index (χ2n) is 11.9. The molecule has 0 unspecified atom stereocenters. The van der Waals surface area contributed by atoms with Crippen LogP contribution in [0.25, 0.3) is 0 Å². The first-order valence-electron chi connectivity index (χ1n) is 16.2. The molecule has 0 spiro atoms. The number of allylic oxidation sites excluding steroid dienone is 2. The van der Waals surface area contributed by atoms with Crippen molar-refractivity contribution in [2.45, 2.75) is 63.6 Å². The van der Waals surface area contributed by atoms with E-state index in [1.165, 1.54) is 0 Å². The van der Waals surface area contributed by atoms with Crippen LogP contribution >= 0.6 is 0 Å². The Labute approximate surface area is 272 Å². The third-order valence-corrected chi connectivity index (χ3v) is 8.09. The molecule has 0 aliphatic carbocycles. The summed E-state index contributed by atoms with van der Waals surface area (Å²) in [6.45, 7) is 0.226. The summed E-state index contributed by atoms with van der Waals surface area (Å²) in [5.41, 5.74) is 3.06. The van der Waals surface area contributed by atoms with E-state index in [0.717, 1.165) is 29.5 Å². The Morgan fingerprint density at radius 2 is 1.54 bits per heavy atom. The van der Waals surface area contributed by atoms with Gasteiger partial charge in [-0.3, -0.25) is 14.4 Å². The molecule has 3 aromatic carbocycles. The third-order valence-electron chi connectivity index (χ3n) is 8.09. The minimum absolute atomic E-state index is 0.0386. The molecule has 8 nitrogen and oxygen atoms in total. The molecule has 244 valence electrons. The van der Waals surface area contributed by atoms with Crippen LogP contribution in [0, 0.1) is 11.8 Å². The van der Waals surface area contributed by atoms with E-state index in [-0.39, 0.29) is 49.9 Å². The van der Waals surface area contributed by atoms with Gasteiger partial charge < -0.3 is 25.2 Å². The van der Waals surface area contributed by atoms with Crippen molar-refractivity contribution in [3.05, 3.63) is 120 Å². The molecule has 1 aliphatic heterocycles. The van der Waals surface area contributed by atoms with Crippen LogP contribution in [0.1, 0.15) is 48.8 Å². The van der Waals surface area contributed by atoms with E-state index in [0.29, 0.717) is 32.3 Å². The predicted molar refractivity (Wildman–Crippen MR) is 178 cm³/mol. The highest BCUT2D eigenvalue weighted by molar-refractivity contribution is 5.86. The minimum atomic E-state index is -0.645. The molecule has 46 heavy (non-hydrogen) atoms. The van der Waals surface area contributed by atoms with Gasteiger partial charge in [-0.25, -0.2) is 0 Å². The van der Waals surface area contributed by atoms with Gasteiger partial charge in [0.1, 0.15) is 6.61 Å². The normalized spacial score (nSPS) is 20.2. The lowest BCUT2D eigenvalue weighted by Gasteiger charge is -2.24. The number of carbonyl (C=O) groups is 3. The Balaban J connectivity index is 1.44. The quantitative estimate of drug-likeness (QED) is 0.194. The summed E-state index contributed by atoms with van der Waals surface area (Å²) in [6.07, 6.45) is 7.59. The van der Waals surface area contributed by atoms with Gasteiger partial charge in [-0.2, -0.15) is 0 Å². The number of aliphatic hydroxyl groups excluding tert-OH is 1. The van der Waals surface area contributed by atoms with Gasteiger partial charge in [-0.1, -0.05) is 103 Å². The Bertz CT molecular complexity index is 1370. The lowest BCUT2D eigenvalue weighted by Crippen LogP contribution is -2.46. The van der Waals surface area contributed by atoms with Crippen LogP contribution in [-0.2, 0) is 43.3 Å². The molecule has 0 bridgehead atoms. The molecule has 4 atom stereocenters. The van der Waals surface area contributed by atoms with E-state index in [2.05, 4.69) is 10.6 Å². The number of ether oxygens (including phenoxy) is 2. The van der Waals surface area contributed by atoms with Crippen LogP contribution in [-0.4, -0.2) is 54.8 Å². The number of amides is 2. The van der Waals surface area contributed by atoms with E-state index in [1.54, 1.807) is 0 Å². The highest BCUT2D eigenvalue weighted by Gasteiger charge is 2.27. The van der Waals surface area contributed by atoms with Gasteiger partial charge in [-0.05, 0) is 55.2 Å². The maximum atomic E-state index is 13.6. The molecule has 3 aromatic rings.